The number of aromatic nitrogens is 1. The molecule has 1 unspecified atom stereocenters. The molecule has 0 bridgehead atoms. The number of hydrogen-bond acceptors (Lipinski definition) is 4. The van der Waals surface area contributed by atoms with Crippen molar-refractivity contribution in [3.05, 3.63) is 27.9 Å². The molecule has 1 N–H and O–H groups in total. The third-order valence-corrected chi connectivity index (χ3v) is 4.77. The summed E-state index contributed by atoms with van der Waals surface area (Å²) in [6.45, 7) is 2.07. The molecule has 0 aliphatic heterocycles. The molecule has 1 fully saturated rings. The molecular weight excluding hydrogens is 264 g/mol. The van der Waals surface area contributed by atoms with Gasteiger partial charge in [0.15, 0.2) is 0 Å². The van der Waals surface area contributed by atoms with E-state index in [1.165, 1.54) is 24.2 Å². The summed E-state index contributed by atoms with van der Waals surface area (Å²) in [5.74, 6) is 0.621. The van der Waals surface area contributed by atoms with Crippen molar-refractivity contribution < 1.29 is 4.79 Å². The Balaban J connectivity index is 1.70. The first kappa shape index (κ1) is 11.9. The lowest BCUT2D eigenvalue weighted by Gasteiger charge is -2.10. The first-order valence-corrected chi connectivity index (χ1v) is 7.85. The third kappa shape index (κ3) is 2.47. The van der Waals surface area contributed by atoms with E-state index in [1.54, 1.807) is 11.3 Å². The molecule has 1 aliphatic carbocycles. The fourth-order valence-electron chi connectivity index (χ4n) is 1.89. The Bertz CT molecular complexity index is 543. The Morgan fingerprint density at radius 2 is 2.33 bits per heavy atom. The molecule has 1 atom stereocenters. The Labute approximate surface area is 114 Å². The highest BCUT2D eigenvalue weighted by Crippen LogP contribution is 2.32. The second-order valence-corrected chi connectivity index (χ2v) is 6.29. The highest BCUT2D eigenvalue weighted by atomic mass is 32.1. The van der Waals surface area contributed by atoms with Crippen molar-refractivity contribution in [1.82, 2.24) is 10.3 Å². The summed E-state index contributed by atoms with van der Waals surface area (Å²) in [6, 6.07) is 2.29. The van der Waals surface area contributed by atoms with Gasteiger partial charge in [0.05, 0.1) is 0 Å². The summed E-state index contributed by atoms with van der Waals surface area (Å²) in [6.07, 6.45) is 2.47. The molecule has 5 heteroatoms. The van der Waals surface area contributed by atoms with Crippen LogP contribution in [-0.4, -0.2) is 16.9 Å². The van der Waals surface area contributed by atoms with Crippen LogP contribution in [0, 0.1) is 5.92 Å². The Morgan fingerprint density at radius 3 is 3.00 bits per heavy atom. The van der Waals surface area contributed by atoms with Gasteiger partial charge in [0, 0.05) is 22.4 Å². The van der Waals surface area contributed by atoms with Gasteiger partial charge < -0.3 is 5.32 Å². The molecular formula is C13H14N2OS2. The van der Waals surface area contributed by atoms with Crippen molar-refractivity contribution in [2.75, 3.05) is 0 Å². The highest BCUT2D eigenvalue weighted by Gasteiger charge is 2.29. The molecule has 0 saturated heterocycles. The summed E-state index contributed by atoms with van der Waals surface area (Å²) in [7, 11) is 0. The molecule has 3 nitrogen and oxygen atoms in total. The number of hydrogen-bond donors (Lipinski definition) is 1. The van der Waals surface area contributed by atoms with Gasteiger partial charge in [0.25, 0.3) is 5.91 Å². The predicted octanol–water partition coefficient (Wildman–Crippen LogP) is 3.40. The number of carbonyl (C=O) groups is 1. The summed E-state index contributed by atoms with van der Waals surface area (Å²) in [5.41, 5.74) is 1.63. The average molecular weight is 278 g/mol. The molecule has 0 radical (unpaired) electrons. The summed E-state index contributed by atoms with van der Waals surface area (Å²) >= 11 is 3.16. The van der Waals surface area contributed by atoms with Crippen LogP contribution in [-0.2, 0) is 0 Å². The second kappa shape index (κ2) is 4.82. The zero-order valence-corrected chi connectivity index (χ0v) is 11.7. The van der Waals surface area contributed by atoms with E-state index in [4.69, 9.17) is 0 Å². The second-order valence-electron chi connectivity index (χ2n) is 4.65. The number of nitrogens with one attached hydrogen (secondary N) is 1. The van der Waals surface area contributed by atoms with Crippen molar-refractivity contribution in [3.8, 4) is 10.6 Å². The number of carbonyl (C=O) groups excluding carboxylic acids is 1. The van der Waals surface area contributed by atoms with E-state index in [9.17, 15) is 4.79 Å². The Kier molecular flexibility index (Phi) is 3.18. The van der Waals surface area contributed by atoms with Gasteiger partial charge >= 0.3 is 0 Å². The smallest absolute Gasteiger partial charge is 0.270 e. The quantitative estimate of drug-likeness (QED) is 0.931. The van der Waals surface area contributed by atoms with Gasteiger partial charge in [-0.2, -0.15) is 11.3 Å². The monoisotopic (exact) mass is 278 g/mol. The molecule has 0 aromatic carbocycles. The largest absolute Gasteiger partial charge is 0.348 e. The molecule has 18 heavy (non-hydrogen) atoms. The van der Waals surface area contributed by atoms with E-state index in [0.717, 1.165) is 10.6 Å². The van der Waals surface area contributed by atoms with Gasteiger partial charge in [-0.25, -0.2) is 4.98 Å². The topological polar surface area (TPSA) is 42.0 Å². The minimum atomic E-state index is -0.0490. The summed E-state index contributed by atoms with van der Waals surface area (Å²) in [4.78, 5) is 16.4. The Morgan fingerprint density at radius 1 is 1.50 bits per heavy atom. The van der Waals surface area contributed by atoms with E-state index >= 15 is 0 Å². The van der Waals surface area contributed by atoms with Gasteiger partial charge in [-0.1, -0.05) is 0 Å². The fourth-order valence-corrected chi connectivity index (χ4v) is 3.40. The van der Waals surface area contributed by atoms with E-state index in [2.05, 4.69) is 17.2 Å². The van der Waals surface area contributed by atoms with Gasteiger partial charge in [0.2, 0.25) is 0 Å². The van der Waals surface area contributed by atoms with Crippen LogP contribution in [0.4, 0.5) is 0 Å². The normalized spacial score (nSPS) is 16.5. The number of rotatable bonds is 4. The molecule has 2 aromatic heterocycles. The molecule has 2 heterocycles. The van der Waals surface area contributed by atoms with Gasteiger partial charge in [-0.05, 0) is 37.1 Å². The zero-order chi connectivity index (χ0) is 12.5. The predicted molar refractivity (Wildman–Crippen MR) is 75.1 cm³/mol. The maximum absolute atomic E-state index is 12.0. The molecule has 3 rings (SSSR count). The minimum absolute atomic E-state index is 0.0490. The maximum Gasteiger partial charge on any atom is 0.270 e. The van der Waals surface area contributed by atoms with Crippen LogP contribution in [0.5, 0.6) is 0 Å². The van der Waals surface area contributed by atoms with Crippen LogP contribution in [0.1, 0.15) is 30.3 Å². The van der Waals surface area contributed by atoms with Gasteiger partial charge in [-0.15, -0.1) is 11.3 Å². The molecule has 1 aliphatic rings. The molecule has 0 spiro atoms. The van der Waals surface area contributed by atoms with Crippen LogP contribution in [0.2, 0.25) is 0 Å². The molecule has 1 saturated carbocycles. The van der Waals surface area contributed by atoms with Crippen LogP contribution >= 0.6 is 22.7 Å². The van der Waals surface area contributed by atoms with Crippen molar-refractivity contribution >= 4 is 28.6 Å². The van der Waals surface area contributed by atoms with E-state index in [0.29, 0.717) is 11.6 Å². The lowest BCUT2D eigenvalue weighted by Crippen LogP contribution is -2.34. The lowest BCUT2D eigenvalue weighted by atomic mass is 10.2. The number of amides is 1. The summed E-state index contributed by atoms with van der Waals surface area (Å²) < 4.78 is 0. The fraction of sp³-hybridized carbons (Fsp3) is 0.385. The first-order valence-electron chi connectivity index (χ1n) is 6.03. The number of nitrogens with zero attached hydrogens (tertiary/aromatic N) is 1. The average Bonchev–Trinajstić information content (AvgIpc) is 2.89. The number of thiophene rings is 1. The standard InChI is InChI=1S/C13H14N2OS2/c1-8(9-2-3-9)14-12(16)11-7-18-13(15-11)10-4-5-17-6-10/h4-9H,2-3H2,1H3,(H,14,16). The number of thiazole rings is 1. The van der Waals surface area contributed by atoms with Crippen molar-refractivity contribution in [2.45, 2.75) is 25.8 Å². The van der Waals surface area contributed by atoms with E-state index in [-0.39, 0.29) is 11.9 Å². The van der Waals surface area contributed by atoms with Crippen LogP contribution in [0.15, 0.2) is 22.2 Å². The summed E-state index contributed by atoms with van der Waals surface area (Å²) in [5, 5.41) is 9.85. The Hall–Kier alpha value is -1.20. The van der Waals surface area contributed by atoms with E-state index in [1.807, 2.05) is 22.2 Å². The van der Waals surface area contributed by atoms with Crippen LogP contribution < -0.4 is 5.32 Å². The SMILES string of the molecule is CC(NC(=O)c1csc(-c2ccsc2)n1)C1CC1. The zero-order valence-electron chi connectivity index (χ0n) is 10.1. The molecule has 1 amide bonds. The van der Waals surface area contributed by atoms with Crippen molar-refractivity contribution in [3.63, 3.8) is 0 Å². The van der Waals surface area contributed by atoms with Crippen molar-refractivity contribution in [2.24, 2.45) is 5.92 Å². The highest BCUT2D eigenvalue weighted by molar-refractivity contribution is 7.14. The maximum atomic E-state index is 12.0. The van der Waals surface area contributed by atoms with Crippen LogP contribution in [0.3, 0.4) is 0 Å². The third-order valence-electron chi connectivity index (χ3n) is 3.19. The van der Waals surface area contributed by atoms with Gasteiger partial charge in [-0.3, -0.25) is 4.79 Å². The molecule has 94 valence electrons. The minimum Gasteiger partial charge on any atom is -0.348 e. The van der Waals surface area contributed by atoms with E-state index < -0.39 is 0 Å². The molecule has 2 aromatic rings. The van der Waals surface area contributed by atoms with Crippen LogP contribution in [0.25, 0.3) is 10.6 Å². The first-order chi connectivity index (χ1) is 8.74. The van der Waals surface area contributed by atoms with Gasteiger partial charge in [0.1, 0.15) is 10.7 Å². The lowest BCUT2D eigenvalue weighted by molar-refractivity contribution is 0.0931. The van der Waals surface area contributed by atoms with Crippen molar-refractivity contribution in [1.29, 1.82) is 0 Å².